The number of rotatable bonds is 7. The molecule has 2 heterocycles. The van der Waals surface area contributed by atoms with Crippen molar-refractivity contribution in [1.82, 2.24) is 15.0 Å². The third kappa shape index (κ3) is 5.23. The van der Waals surface area contributed by atoms with Gasteiger partial charge in [0.1, 0.15) is 16.9 Å². The Balaban J connectivity index is 1.58. The van der Waals surface area contributed by atoms with Gasteiger partial charge >= 0.3 is 6.36 Å². The molecule has 0 amide bonds. The van der Waals surface area contributed by atoms with Gasteiger partial charge in [-0.05, 0) is 44.0 Å². The molecule has 0 bridgehead atoms. The van der Waals surface area contributed by atoms with Crippen LogP contribution in [0.4, 0.5) is 30.6 Å². The first-order chi connectivity index (χ1) is 18.1. The van der Waals surface area contributed by atoms with E-state index in [-0.39, 0.29) is 30.5 Å². The van der Waals surface area contributed by atoms with E-state index in [1.54, 1.807) is 6.92 Å². The van der Waals surface area contributed by atoms with Crippen molar-refractivity contribution in [2.24, 2.45) is 5.92 Å². The number of fused-ring (bicyclic) bond motifs is 1. The van der Waals surface area contributed by atoms with Crippen LogP contribution < -0.4 is 15.4 Å². The number of hydrogen-bond acceptors (Lipinski definition) is 10. The number of nitrogens with zero attached hydrogens (tertiary/aromatic N) is 3. The van der Waals surface area contributed by atoms with Crippen LogP contribution in [0.2, 0.25) is 0 Å². The van der Waals surface area contributed by atoms with Crippen molar-refractivity contribution in [3.63, 3.8) is 0 Å². The minimum atomic E-state index is -4.90. The van der Waals surface area contributed by atoms with Crippen molar-refractivity contribution in [1.29, 1.82) is 0 Å². The van der Waals surface area contributed by atoms with E-state index in [4.69, 9.17) is 0 Å². The molecule has 3 unspecified atom stereocenters. The molecule has 0 spiro atoms. The third-order valence-corrected chi connectivity index (χ3v) is 7.41. The summed E-state index contributed by atoms with van der Waals surface area (Å²) in [5, 5.41) is 37.8. The van der Waals surface area contributed by atoms with Gasteiger partial charge in [0.25, 0.3) is 0 Å². The fourth-order valence-electron chi connectivity index (χ4n) is 4.49. The zero-order chi connectivity index (χ0) is 27.1. The van der Waals surface area contributed by atoms with Gasteiger partial charge in [0.05, 0.1) is 27.2 Å². The summed E-state index contributed by atoms with van der Waals surface area (Å²) in [6.45, 7) is 1.38. The number of ether oxygens (including phenoxy) is 1. The number of hydrogen-bond donors (Lipinski definition) is 5. The van der Waals surface area contributed by atoms with Gasteiger partial charge in [-0.2, -0.15) is 4.98 Å². The van der Waals surface area contributed by atoms with E-state index >= 15 is 0 Å². The maximum atomic E-state index is 12.9. The average Bonchev–Trinajstić information content (AvgIpc) is 3.39. The topological polar surface area (TPSA) is 133 Å². The largest absolute Gasteiger partial charge is 0.573 e. The first-order valence-corrected chi connectivity index (χ1v) is 12.5. The number of aromatic nitrogens is 3. The Morgan fingerprint density at radius 1 is 1.11 bits per heavy atom. The third-order valence-electron chi connectivity index (χ3n) is 6.36. The van der Waals surface area contributed by atoms with Crippen molar-refractivity contribution in [3.05, 3.63) is 54.2 Å². The Kier molecular flexibility index (Phi) is 6.86. The highest BCUT2D eigenvalue weighted by molar-refractivity contribution is 7.21. The molecule has 13 heteroatoms. The van der Waals surface area contributed by atoms with Gasteiger partial charge in [-0.25, -0.2) is 9.97 Å². The summed E-state index contributed by atoms with van der Waals surface area (Å²) in [5.41, 5.74) is -0.201. The first-order valence-electron chi connectivity index (χ1n) is 11.7. The average molecular weight is 548 g/mol. The quantitative estimate of drug-likeness (QED) is 0.211. The summed E-state index contributed by atoms with van der Waals surface area (Å²) in [6.07, 6.45) is -5.69. The van der Waals surface area contributed by atoms with Crippen molar-refractivity contribution in [2.75, 3.05) is 17.2 Å². The van der Waals surface area contributed by atoms with Gasteiger partial charge < -0.3 is 30.7 Å². The van der Waals surface area contributed by atoms with E-state index < -0.39 is 29.9 Å². The number of aliphatic hydroxyl groups excluding tert-OH is 2. The molecule has 0 aliphatic heterocycles. The molecular weight excluding hydrogens is 523 g/mol. The molecule has 2 aromatic carbocycles. The van der Waals surface area contributed by atoms with Gasteiger partial charge in [-0.3, -0.25) is 0 Å². The van der Waals surface area contributed by atoms with Crippen LogP contribution in [-0.2, 0) is 0 Å². The predicted molar refractivity (Wildman–Crippen MR) is 136 cm³/mol. The molecule has 1 aliphatic carbocycles. The minimum Gasteiger partial charge on any atom is -0.404 e. The van der Waals surface area contributed by atoms with Crippen LogP contribution >= 0.6 is 11.3 Å². The normalized spacial score (nSPS) is 21.6. The molecule has 0 saturated heterocycles. The second-order valence-corrected chi connectivity index (χ2v) is 10.0. The summed E-state index contributed by atoms with van der Waals surface area (Å²) in [4.78, 5) is 13.6. The lowest BCUT2D eigenvalue weighted by atomic mass is 10.0. The van der Waals surface area contributed by atoms with E-state index in [0.29, 0.717) is 22.7 Å². The zero-order valence-electron chi connectivity index (χ0n) is 20.0. The van der Waals surface area contributed by atoms with Crippen LogP contribution in [0.25, 0.3) is 20.8 Å². The number of para-hydroxylation sites is 3. The molecular formula is C25H24F3N5O4S. The van der Waals surface area contributed by atoms with Gasteiger partial charge in [-0.1, -0.05) is 24.3 Å². The molecule has 4 aromatic rings. The molecule has 1 fully saturated rings. The molecule has 9 nitrogen and oxygen atoms in total. The molecule has 200 valence electrons. The molecule has 38 heavy (non-hydrogen) atoms. The van der Waals surface area contributed by atoms with Gasteiger partial charge in [0, 0.05) is 12.5 Å². The fraction of sp³-hybridized carbons (Fsp3) is 0.320. The van der Waals surface area contributed by atoms with Crippen LogP contribution in [0.3, 0.4) is 0 Å². The van der Waals surface area contributed by atoms with E-state index in [1.807, 2.05) is 24.3 Å². The Bertz CT molecular complexity index is 1430. The van der Waals surface area contributed by atoms with Crippen LogP contribution in [0, 0.1) is 12.8 Å². The summed E-state index contributed by atoms with van der Waals surface area (Å²) < 4.78 is 43.8. The molecule has 1 saturated carbocycles. The monoisotopic (exact) mass is 547 g/mol. The molecule has 3 atom stereocenters. The number of thiazole rings is 1. The van der Waals surface area contributed by atoms with Crippen molar-refractivity contribution < 1.29 is 33.2 Å². The number of benzene rings is 2. The SMILES string of the molecule is Cc1nc(Nc2ccccc2OC(F)(F)F)nc(NC2(O)CCC(CO)C2O)c1-c1nc2ccccc2s1. The van der Waals surface area contributed by atoms with E-state index in [1.165, 1.54) is 29.5 Å². The molecule has 0 radical (unpaired) electrons. The zero-order valence-corrected chi connectivity index (χ0v) is 20.8. The van der Waals surface area contributed by atoms with Gasteiger partial charge in [0.15, 0.2) is 11.5 Å². The fourth-order valence-corrected chi connectivity index (χ4v) is 5.56. The van der Waals surface area contributed by atoms with Crippen LogP contribution in [0.15, 0.2) is 48.5 Å². The summed E-state index contributed by atoms with van der Waals surface area (Å²) in [5.74, 6) is -0.955. The second-order valence-electron chi connectivity index (χ2n) is 8.99. The number of aryl methyl sites for hydroxylation is 1. The number of anilines is 3. The minimum absolute atomic E-state index is 0.0251. The Morgan fingerprint density at radius 3 is 2.55 bits per heavy atom. The van der Waals surface area contributed by atoms with Crippen molar-refractivity contribution in [2.45, 2.75) is 38.0 Å². The van der Waals surface area contributed by atoms with Gasteiger partial charge in [0.2, 0.25) is 5.95 Å². The Labute approximate surface area is 219 Å². The van der Waals surface area contributed by atoms with Crippen LogP contribution in [0.1, 0.15) is 18.5 Å². The highest BCUT2D eigenvalue weighted by atomic mass is 32.1. The lowest BCUT2D eigenvalue weighted by Gasteiger charge is -2.31. The highest BCUT2D eigenvalue weighted by Gasteiger charge is 2.47. The first kappa shape index (κ1) is 26.1. The Hall–Kier alpha value is -3.52. The molecule has 5 N–H and O–H groups in total. The maximum absolute atomic E-state index is 12.9. The van der Waals surface area contributed by atoms with E-state index in [0.717, 1.165) is 16.3 Å². The second kappa shape index (κ2) is 9.98. The number of nitrogens with one attached hydrogen (secondary N) is 2. The summed E-state index contributed by atoms with van der Waals surface area (Å²) in [6, 6.07) is 13.0. The van der Waals surface area contributed by atoms with E-state index in [9.17, 15) is 28.5 Å². The number of aliphatic hydroxyl groups is 3. The molecule has 1 aliphatic rings. The molecule has 2 aromatic heterocycles. The standard InChI is InChI=1S/C25H24F3N5O4S/c1-13-19(22-30-16-7-3-5-9-18(16)38-22)21(33-24(36)11-10-14(12-34)20(24)35)32-23(29-13)31-15-6-2-4-8-17(15)37-25(26,27)28/h2-9,14,20,34-36H,10-12H2,1H3,(H2,29,31,32,33). The van der Waals surface area contributed by atoms with Gasteiger partial charge in [-0.15, -0.1) is 24.5 Å². The number of halogens is 3. The smallest absolute Gasteiger partial charge is 0.404 e. The predicted octanol–water partition coefficient (Wildman–Crippen LogP) is 4.57. The number of alkyl halides is 3. The summed E-state index contributed by atoms with van der Waals surface area (Å²) >= 11 is 1.38. The van der Waals surface area contributed by atoms with Crippen molar-refractivity contribution in [3.8, 4) is 16.3 Å². The van der Waals surface area contributed by atoms with Crippen LogP contribution in [0.5, 0.6) is 5.75 Å². The summed E-state index contributed by atoms with van der Waals surface area (Å²) in [7, 11) is 0. The lowest BCUT2D eigenvalue weighted by Crippen LogP contribution is -2.48. The maximum Gasteiger partial charge on any atom is 0.573 e. The lowest BCUT2D eigenvalue weighted by molar-refractivity contribution is -0.274. The van der Waals surface area contributed by atoms with Crippen LogP contribution in [-0.4, -0.2) is 55.1 Å². The van der Waals surface area contributed by atoms with Crippen molar-refractivity contribution >= 4 is 39.0 Å². The molecule has 5 rings (SSSR count). The highest BCUT2D eigenvalue weighted by Crippen LogP contribution is 2.41. The van der Waals surface area contributed by atoms with E-state index in [2.05, 4.69) is 30.3 Å². The Morgan fingerprint density at radius 2 is 1.84 bits per heavy atom.